The van der Waals surface area contributed by atoms with Gasteiger partial charge in [0, 0.05) is 24.5 Å². The van der Waals surface area contributed by atoms with E-state index in [0.717, 1.165) is 18.2 Å². The number of unbranched alkanes of at least 4 members (excludes halogenated alkanes) is 1. The lowest BCUT2D eigenvalue weighted by Crippen LogP contribution is -2.18. The van der Waals surface area contributed by atoms with Crippen LogP contribution in [0.1, 0.15) is 44.3 Å². The fourth-order valence-corrected chi connectivity index (χ4v) is 3.38. The van der Waals surface area contributed by atoms with Crippen LogP contribution in [0.2, 0.25) is 0 Å². The molecule has 1 fully saturated rings. The fraction of sp³-hybridized carbons (Fsp3) is 0.769. The number of anilines is 1. The fourth-order valence-electron chi connectivity index (χ4n) is 2.25. The first-order valence-electron chi connectivity index (χ1n) is 6.68. The van der Waals surface area contributed by atoms with E-state index >= 15 is 0 Å². The number of nitrogens with zero attached hydrogens (tertiary/aromatic N) is 2. The predicted octanol–water partition coefficient (Wildman–Crippen LogP) is 3.47. The van der Waals surface area contributed by atoms with Crippen molar-refractivity contribution in [3.05, 3.63) is 11.9 Å². The highest BCUT2D eigenvalue weighted by atomic mass is 32.2. The Morgan fingerprint density at radius 3 is 3.18 bits per heavy atom. The Hall–Kier alpha value is -0.640. The van der Waals surface area contributed by atoms with Gasteiger partial charge in [0.25, 0.3) is 0 Å². The summed E-state index contributed by atoms with van der Waals surface area (Å²) < 4.78 is 2.36. The first-order chi connectivity index (χ1) is 8.31. The van der Waals surface area contributed by atoms with Gasteiger partial charge in [0.15, 0.2) is 0 Å². The van der Waals surface area contributed by atoms with E-state index in [1.807, 2.05) is 0 Å². The molecule has 17 heavy (non-hydrogen) atoms. The third-order valence-electron chi connectivity index (χ3n) is 3.20. The van der Waals surface area contributed by atoms with Gasteiger partial charge in [-0.2, -0.15) is 11.8 Å². The Bertz CT molecular complexity index is 342. The highest BCUT2D eigenvalue weighted by molar-refractivity contribution is 7.99. The Morgan fingerprint density at radius 1 is 1.59 bits per heavy atom. The van der Waals surface area contributed by atoms with Crippen LogP contribution >= 0.6 is 11.8 Å². The molecule has 1 aromatic rings. The smallest absolute Gasteiger partial charge is 0.203 e. The van der Waals surface area contributed by atoms with Crippen LogP contribution in [0.4, 0.5) is 5.95 Å². The molecule has 1 N–H and O–H groups in total. The van der Waals surface area contributed by atoms with Crippen LogP contribution in [0, 0.1) is 6.92 Å². The molecule has 1 atom stereocenters. The normalized spacial score (nSPS) is 20.5. The van der Waals surface area contributed by atoms with Crippen LogP contribution in [0.25, 0.3) is 0 Å². The largest absolute Gasteiger partial charge is 0.356 e. The number of rotatable bonds is 5. The van der Waals surface area contributed by atoms with Crippen LogP contribution in [-0.2, 0) is 0 Å². The van der Waals surface area contributed by atoms with Crippen LogP contribution in [-0.4, -0.2) is 27.6 Å². The number of aryl methyl sites for hydroxylation is 1. The van der Waals surface area contributed by atoms with Gasteiger partial charge in [-0.25, -0.2) is 4.98 Å². The van der Waals surface area contributed by atoms with E-state index in [4.69, 9.17) is 0 Å². The maximum Gasteiger partial charge on any atom is 0.203 e. The van der Waals surface area contributed by atoms with Gasteiger partial charge in [-0.1, -0.05) is 13.3 Å². The molecular weight excluding hydrogens is 230 g/mol. The molecule has 0 aliphatic carbocycles. The summed E-state index contributed by atoms with van der Waals surface area (Å²) in [7, 11) is 0. The highest BCUT2D eigenvalue weighted by Gasteiger charge is 2.18. The summed E-state index contributed by atoms with van der Waals surface area (Å²) in [6, 6.07) is 0.638. The van der Waals surface area contributed by atoms with Gasteiger partial charge in [0.1, 0.15) is 0 Å². The zero-order chi connectivity index (χ0) is 12.1. The molecule has 2 rings (SSSR count). The molecule has 2 heterocycles. The van der Waals surface area contributed by atoms with E-state index in [0.29, 0.717) is 6.04 Å². The predicted molar refractivity (Wildman–Crippen MR) is 76.0 cm³/mol. The number of thioether (sulfide) groups is 1. The molecule has 1 aliphatic heterocycles. The number of aromatic nitrogens is 2. The van der Waals surface area contributed by atoms with Crippen molar-refractivity contribution < 1.29 is 0 Å². The van der Waals surface area contributed by atoms with Gasteiger partial charge < -0.3 is 9.88 Å². The summed E-state index contributed by atoms with van der Waals surface area (Å²) in [6.45, 7) is 5.33. The van der Waals surface area contributed by atoms with Crippen LogP contribution in [0.3, 0.4) is 0 Å². The summed E-state index contributed by atoms with van der Waals surface area (Å²) >= 11 is 2.07. The lowest BCUT2D eigenvalue weighted by Gasteiger charge is -2.24. The number of imidazole rings is 1. The first-order valence-corrected chi connectivity index (χ1v) is 7.84. The molecule has 0 aromatic carbocycles. The summed E-state index contributed by atoms with van der Waals surface area (Å²) in [5.41, 5.74) is 1.12. The summed E-state index contributed by atoms with van der Waals surface area (Å²) in [6.07, 6.45) is 7.27. The van der Waals surface area contributed by atoms with Crippen LogP contribution in [0.5, 0.6) is 0 Å². The molecule has 1 aliphatic rings. The minimum atomic E-state index is 0.638. The Kier molecular flexibility index (Phi) is 4.77. The lowest BCUT2D eigenvalue weighted by atomic mass is 10.2. The van der Waals surface area contributed by atoms with E-state index < -0.39 is 0 Å². The Balaban J connectivity index is 2.03. The van der Waals surface area contributed by atoms with Gasteiger partial charge >= 0.3 is 0 Å². The van der Waals surface area contributed by atoms with E-state index in [-0.39, 0.29) is 0 Å². The Morgan fingerprint density at radius 2 is 2.47 bits per heavy atom. The van der Waals surface area contributed by atoms with Crippen molar-refractivity contribution in [2.45, 2.75) is 45.6 Å². The second kappa shape index (κ2) is 6.34. The first kappa shape index (κ1) is 12.8. The van der Waals surface area contributed by atoms with E-state index in [9.17, 15) is 0 Å². The van der Waals surface area contributed by atoms with Crippen LogP contribution < -0.4 is 5.32 Å². The highest BCUT2D eigenvalue weighted by Crippen LogP contribution is 2.29. The minimum absolute atomic E-state index is 0.638. The molecule has 0 amide bonds. The second-order valence-electron chi connectivity index (χ2n) is 4.76. The third kappa shape index (κ3) is 3.41. The van der Waals surface area contributed by atoms with E-state index in [2.05, 4.69) is 46.7 Å². The number of hydrogen-bond acceptors (Lipinski definition) is 3. The van der Waals surface area contributed by atoms with Crippen molar-refractivity contribution in [1.29, 1.82) is 0 Å². The quantitative estimate of drug-likeness (QED) is 0.815. The molecule has 0 saturated carbocycles. The maximum absolute atomic E-state index is 4.60. The maximum atomic E-state index is 4.60. The summed E-state index contributed by atoms with van der Waals surface area (Å²) in [5.74, 6) is 3.63. The van der Waals surface area contributed by atoms with Gasteiger partial charge in [-0.3, -0.25) is 0 Å². The zero-order valence-electron chi connectivity index (χ0n) is 10.9. The Labute approximate surface area is 108 Å². The standard InChI is InChI=1S/C13H23N3S/c1-3-4-7-14-13-15-11(2)9-16(13)12-6-5-8-17-10-12/h9,12H,3-8,10H2,1-2H3,(H,14,15). The molecule has 1 saturated heterocycles. The van der Waals surface area contributed by atoms with Crippen molar-refractivity contribution in [3.8, 4) is 0 Å². The van der Waals surface area contributed by atoms with Gasteiger partial charge in [0.2, 0.25) is 5.95 Å². The molecule has 0 bridgehead atoms. The lowest BCUT2D eigenvalue weighted by molar-refractivity contribution is 0.503. The van der Waals surface area contributed by atoms with Crippen molar-refractivity contribution in [2.75, 3.05) is 23.4 Å². The molecule has 96 valence electrons. The molecule has 0 spiro atoms. The molecule has 1 aromatic heterocycles. The molecule has 0 radical (unpaired) electrons. The van der Waals surface area contributed by atoms with Crippen molar-refractivity contribution >= 4 is 17.7 Å². The van der Waals surface area contributed by atoms with Crippen LogP contribution in [0.15, 0.2) is 6.20 Å². The van der Waals surface area contributed by atoms with E-state index in [1.54, 1.807) is 0 Å². The van der Waals surface area contributed by atoms with Gasteiger partial charge in [-0.05, 0) is 31.9 Å². The molecule has 1 unspecified atom stereocenters. The number of hydrogen-bond donors (Lipinski definition) is 1. The van der Waals surface area contributed by atoms with Crippen molar-refractivity contribution in [1.82, 2.24) is 9.55 Å². The summed E-state index contributed by atoms with van der Waals surface area (Å²) in [5, 5.41) is 3.47. The summed E-state index contributed by atoms with van der Waals surface area (Å²) in [4.78, 5) is 4.60. The van der Waals surface area contributed by atoms with Crippen molar-refractivity contribution in [2.24, 2.45) is 0 Å². The average molecular weight is 253 g/mol. The monoisotopic (exact) mass is 253 g/mol. The third-order valence-corrected chi connectivity index (χ3v) is 4.39. The molecule has 3 nitrogen and oxygen atoms in total. The van der Waals surface area contributed by atoms with E-state index in [1.165, 1.54) is 37.2 Å². The number of nitrogens with one attached hydrogen (secondary N) is 1. The van der Waals surface area contributed by atoms with Crippen molar-refractivity contribution in [3.63, 3.8) is 0 Å². The topological polar surface area (TPSA) is 29.9 Å². The van der Waals surface area contributed by atoms with Gasteiger partial charge in [0.05, 0.1) is 5.69 Å². The second-order valence-corrected chi connectivity index (χ2v) is 5.91. The molecular formula is C13H23N3S. The SMILES string of the molecule is CCCCNc1nc(C)cn1C1CCCSC1. The van der Waals surface area contributed by atoms with Gasteiger partial charge in [-0.15, -0.1) is 0 Å². The zero-order valence-corrected chi connectivity index (χ0v) is 11.7. The molecule has 4 heteroatoms. The minimum Gasteiger partial charge on any atom is -0.356 e. The average Bonchev–Trinajstić information content (AvgIpc) is 2.72.